The second-order valence-corrected chi connectivity index (χ2v) is 6.44. The maximum atomic E-state index is 12.1. The van der Waals surface area contributed by atoms with E-state index >= 15 is 0 Å². The van der Waals surface area contributed by atoms with Gasteiger partial charge in [-0.25, -0.2) is 0 Å². The Bertz CT molecular complexity index is 599. The minimum atomic E-state index is -0.221. The Morgan fingerprint density at radius 2 is 2.21 bits per heavy atom. The van der Waals surface area contributed by atoms with Gasteiger partial charge in [0.05, 0.1) is 14.2 Å². The van der Waals surface area contributed by atoms with Crippen LogP contribution in [0.2, 0.25) is 0 Å². The zero-order valence-electron chi connectivity index (χ0n) is 14.7. The van der Waals surface area contributed by atoms with Crippen LogP contribution in [0.4, 0.5) is 0 Å². The Hall–Kier alpha value is -2.01. The fourth-order valence-corrected chi connectivity index (χ4v) is 3.28. The van der Waals surface area contributed by atoms with Crippen molar-refractivity contribution in [2.45, 2.75) is 38.8 Å². The molecular formula is C19H27NO4. The van der Waals surface area contributed by atoms with Crippen LogP contribution in [-0.4, -0.2) is 42.8 Å². The fourth-order valence-electron chi connectivity index (χ4n) is 3.28. The van der Waals surface area contributed by atoms with Crippen LogP contribution in [0.15, 0.2) is 24.8 Å². The number of carbonyl (C=O) groups is 1. The highest BCUT2D eigenvalue weighted by Crippen LogP contribution is 2.33. The maximum Gasteiger partial charge on any atom is 0.323 e. The SMILES string of the molecule is C=CCc1cc(CN2CC[C@@H](C)C[C@H]2C(=O)OC)cc(OC)c1O. The van der Waals surface area contributed by atoms with Crippen LogP contribution in [0.3, 0.4) is 0 Å². The van der Waals surface area contributed by atoms with Gasteiger partial charge in [0.15, 0.2) is 11.5 Å². The van der Waals surface area contributed by atoms with Gasteiger partial charge in [-0.3, -0.25) is 9.69 Å². The fraction of sp³-hybridized carbons (Fsp3) is 0.526. The number of allylic oxidation sites excluding steroid dienone is 1. The van der Waals surface area contributed by atoms with E-state index in [9.17, 15) is 9.90 Å². The van der Waals surface area contributed by atoms with Crippen LogP contribution < -0.4 is 4.74 Å². The van der Waals surface area contributed by atoms with Crippen LogP contribution in [0.5, 0.6) is 11.5 Å². The summed E-state index contributed by atoms with van der Waals surface area (Å²) in [6.45, 7) is 7.36. The van der Waals surface area contributed by atoms with Gasteiger partial charge in [-0.05, 0) is 43.4 Å². The summed E-state index contributed by atoms with van der Waals surface area (Å²) in [5.74, 6) is 0.928. The van der Waals surface area contributed by atoms with Gasteiger partial charge >= 0.3 is 5.97 Å². The molecule has 0 spiro atoms. The van der Waals surface area contributed by atoms with Gasteiger partial charge in [-0.15, -0.1) is 6.58 Å². The highest BCUT2D eigenvalue weighted by Gasteiger charge is 2.32. The molecule has 0 aromatic heterocycles. The number of ether oxygens (including phenoxy) is 2. The zero-order chi connectivity index (χ0) is 17.7. The lowest BCUT2D eigenvalue weighted by atomic mass is 9.92. The van der Waals surface area contributed by atoms with Crippen molar-refractivity contribution < 1.29 is 19.4 Å². The molecule has 1 N–H and O–H groups in total. The van der Waals surface area contributed by atoms with E-state index in [-0.39, 0.29) is 17.8 Å². The number of piperidine rings is 1. The minimum absolute atomic E-state index is 0.151. The number of likely N-dealkylation sites (tertiary alicyclic amines) is 1. The molecule has 1 saturated heterocycles. The summed E-state index contributed by atoms with van der Waals surface area (Å²) in [7, 11) is 2.97. The minimum Gasteiger partial charge on any atom is -0.504 e. The predicted molar refractivity (Wildman–Crippen MR) is 93.2 cm³/mol. The zero-order valence-corrected chi connectivity index (χ0v) is 14.7. The van der Waals surface area contributed by atoms with Crippen LogP contribution >= 0.6 is 0 Å². The van der Waals surface area contributed by atoms with Gasteiger partial charge in [-0.2, -0.15) is 0 Å². The Morgan fingerprint density at radius 3 is 2.83 bits per heavy atom. The standard InChI is InChI=1S/C19H27NO4/c1-5-6-15-10-14(11-17(23-3)18(15)21)12-20-8-7-13(2)9-16(20)19(22)24-4/h5,10-11,13,16,21H,1,6-9,12H2,2-4H3/t13-,16+/m1/s1. The molecule has 1 heterocycles. The number of hydrogen-bond donors (Lipinski definition) is 1. The molecule has 2 atom stereocenters. The Morgan fingerprint density at radius 1 is 1.46 bits per heavy atom. The number of aromatic hydroxyl groups is 1. The summed E-state index contributed by atoms with van der Waals surface area (Å²) < 4.78 is 10.3. The summed E-state index contributed by atoms with van der Waals surface area (Å²) in [4.78, 5) is 14.3. The van der Waals surface area contributed by atoms with E-state index in [2.05, 4.69) is 18.4 Å². The van der Waals surface area contributed by atoms with E-state index in [1.807, 2.05) is 12.1 Å². The Kier molecular flexibility index (Phi) is 6.26. The average molecular weight is 333 g/mol. The summed E-state index contributed by atoms with van der Waals surface area (Å²) in [6.07, 6.45) is 4.18. The summed E-state index contributed by atoms with van der Waals surface area (Å²) in [5.41, 5.74) is 1.78. The number of esters is 1. The third kappa shape index (κ3) is 4.09. The molecule has 5 heteroatoms. The summed E-state index contributed by atoms with van der Waals surface area (Å²) >= 11 is 0. The second-order valence-electron chi connectivity index (χ2n) is 6.44. The van der Waals surface area contributed by atoms with E-state index in [1.165, 1.54) is 14.2 Å². The quantitative estimate of drug-likeness (QED) is 0.641. The number of phenols is 1. The lowest BCUT2D eigenvalue weighted by Crippen LogP contribution is -2.46. The topological polar surface area (TPSA) is 59.0 Å². The number of phenolic OH excluding ortho intramolecular Hbond substituents is 1. The number of benzene rings is 1. The number of nitrogens with zero attached hydrogens (tertiary/aromatic N) is 1. The Balaban J connectivity index is 2.26. The first-order valence-electron chi connectivity index (χ1n) is 8.31. The molecular weight excluding hydrogens is 306 g/mol. The number of hydrogen-bond acceptors (Lipinski definition) is 5. The van der Waals surface area contributed by atoms with E-state index in [4.69, 9.17) is 9.47 Å². The molecule has 1 aliphatic rings. The summed E-state index contributed by atoms with van der Waals surface area (Å²) in [6, 6.07) is 3.56. The average Bonchev–Trinajstić information content (AvgIpc) is 2.58. The van der Waals surface area contributed by atoms with E-state index in [0.29, 0.717) is 24.6 Å². The molecule has 0 radical (unpaired) electrons. The maximum absolute atomic E-state index is 12.1. The van der Waals surface area contributed by atoms with Crippen molar-refractivity contribution in [3.63, 3.8) is 0 Å². The molecule has 0 saturated carbocycles. The monoisotopic (exact) mass is 333 g/mol. The molecule has 1 aromatic carbocycles. The molecule has 0 amide bonds. The molecule has 1 aromatic rings. The van der Waals surface area contributed by atoms with Crippen molar-refractivity contribution in [1.82, 2.24) is 4.90 Å². The number of carbonyl (C=O) groups excluding carboxylic acids is 1. The third-order valence-corrected chi connectivity index (χ3v) is 4.63. The molecule has 2 rings (SSSR count). The van der Waals surface area contributed by atoms with Crippen molar-refractivity contribution in [3.8, 4) is 11.5 Å². The molecule has 1 fully saturated rings. The highest BCUT2D eigenvalue weighted by atomic mass is 16.5. The summed E-state index contributed by atoms with van der Waals surface area (Å²) in [5, 5.41) is 10.2. The highest BCUT2D eigenvalue weighted by molar-refractivity contribution is 5.75. The van der Waals surface area contributed by atoms with Crippen LogP contribution in [-0.2, 0) is 22.5 Å². The van der Waals surface area contributed by atoms with Crippen molar-refractivity contribution in [2.75, 3.05) is 20.8 Å². The number of methoxy groups -OCH3 is 2. The molecule has 1 aliphatic heterocycles. The lowest BCUT2D eigenvalue weighted by Gasteiger charge is -2.36. The molecule has 24 heavy (non-hydrogen) atoms. The van der Waals surface area contributed by atoms with Gasteiger partial charge in [0.25, 0.3) is 0 Å². The smallest absolute Gasteiger partial charge is 0.323 e. The van der Waals surface area contributed by atoms with E-state index < -0.39 is 0 Å². The van der Waals surface area contributed by atoms with Gasteiger partial charge in [0.1, 0.15) is 6.04 Å². The van der Waals surface area contributed by atoms with Crippen LogP contribution in [0.1, 0.15) is 30.9 Å². The van der Waals surface area contributed by atoms with E-state index in [0.717, 1.165) is 30.5 Å². The molecule has 0 bridgehead atoms. The predicted octanol–water partition coefficient (Wildman–Crippen LogP) is 2.90. The second kappa shape index (κ2) is 8.20. The van der Waals surface area contributed by atoms with Crippen molar-refractivity contribution >= 4 is 5.97 Å². The normalized spacial score (nSPS) is 21.3. The first kappa shape index (κ1) is 18.3. The Labute approximate surface area is 143 Å². The third-order valence-electron chi connectivity index (χ3n) is 4.63. The van der Waals surface area contributed by atoms with Gasteiger partial charge in [0, 0.05) is 12.1 Å². The van der Waals surface area contributed by atoms with Gasteiger partial charge in [0.2, 0.25) is 0 Å². The van der Waals surface area contributed by atoms with Crippen molar-refractivity contribution in [2.24, 2.45) is 5.92 Å². The molecule has 132 valence electrons. The van der Waals surface area contributed by atoms with Gasteiger partial charge < -0.3 is 14.6 Å². The van der Waals surface area contributed by atoms with Crippen LogP contribution in [0, 0.1) is 5.92 Å². The van der Waals surface area contributed by atoms with Gasteiger partial charge in [-0.1, -0.05) is 19.1 Å². The molecule has 5 nitrogen and oxygen atoms in total. The largest absolute Gasteiger partial charge is 0.504 e. The first-order chi connectivity index (χ1) is 11.5. The molecule has 0 unspecified atom stereocenters. The van der Waals surface area contributed by atoms with Crippen LogP contribution in [0.25, 0.3) is 0 Å². The lowest BCUT2D eigenvalue weighted by molar-refractivity contribution is -0.149. The molecule has 0 aliphatic carbocycles. The first-order valence-corrected chi connectivity index (χ1v) is 8.31. The number of rotatable bonds is 6. The van der Waals surface area contributed by atoms with Crippen molar-refractivity contribution in [1.29, 1.82) is 0 Å². The van der Waals surface area contributed by atoms with Crippen molar-refractivity contribution in [3.05, 3.63) is 35.9 Å². The van der Waals surface area contributed by atoms with E-state index in [1.54, 1.807) is 6.08 Å².